The van der Waals surface area contributed by atoms with Gasteiger partial charge in [-0.15, -0.1) is 0 Å². The zero-order valence-corrected chi connectivity index (χ0v) is 16.2. The molecule has 1 aliphatic rings. The number of hydrogen-bond donors (Lipinski definition) is 4. The molecule has 0 amide bonds. The minimum Gasteiger partial charge on any atom is -0.490 e. The van der Waals surface area contributed by atoms with Gasteiger partial charge in [-0.1, -0.05) is 6.07 Å². The molecule has 26 heavy (non-hydrogen) atoms. The molecule has 5 N–H and O–H groups in total. The zero-order chi connectivity index (χ0) is 18.8. The van der Waals surface area contributed by atoms with Crippen LogP contribution in [0.5, 0.6) is 5.75 Å². The molecule has 0 radical (unpaired) electrons. The predicted octanol–water partition coefficient (Wildman–Crippen LogP) is 3.18. The van der Waals surface area contributed by atoms with Crippen LogP contribution in [0.1, 0.15) is 46.5 Å². The molecule has 0 saturated heterocycles. The number of ether oxygens (including phenoxy) is 1. The van der Waals surface area contributed by atoms with Crippen LogP contribution in [0.25, 0.3) is 10.9 Å². The molecule has 1 unspecified atom stereocenters. The van der Waals surface area contributed by atoms with Crippen LogP contribution in [-0.4, -0.2) is 40.4 Å². The van der Waals surface area contributed by atoms with Crippen LogP contribution >= 0.6 is 0 Å². The molecule has 1 fully saturated rings. The van der Waals surface area contributed by atoms with Gasteiger partial charge in [0, 0.05) is 34.7 Å². The monoisotopic (exact) mass is 359 g/mol. The molecule has 2 aromatic rings. The van der Waals surface area contributed by atoms with Crippen LogP contribution < -0.4 is 15.8 Å². The van der Waals surface area contributed by atoms with E-state index >= 15 is 0 Å². The minimum absolute atomic E-state index is 0.0147. The van der Waals surface area contributed by atoms with Crippen molar-refractivity contribution >= 4 is 10.9 Å². The highest BCUT2D eigenvalue weighted by molar-refractivity contribution is 5.85. The second-order valence-corrected chi connectivity index (χ2v) is 8.69. The molecule has 144 valence electrons. The average molecular weight is 360 g/mol. The van der Waals surface area contributed by atoms with Gasteiger partial charge in [0.15, 0.2) is 0 Å². The number of hydrogen-bond acceptors (Lipinski definition) is 4. The first-order valence-corrected chi connectivity index (χ1v) is 9.68. The Bertz CT molecular complexity index is 713. The fraction of sp³-hybridized carbons (Fsp3) is 0.619. The van der Waals surface area contributed by atoms with E-state index in [9.17, 15) is 5.11 Å². The van der Waals surface area contributed by atoms with Gasteiger partial charge in [-0.25, -0.2) is 0 Å². The first-order chi connectivity index (χ1) is 12.3. The molecule has 0 aliphatic heterocycles. The molecule has 3 rings (SSSR count). The van der Waals surface area contributed by atoms with Crippen molar-refractivity contribution < 1.29 is 9.84 Å². The van der Waals surface area contributed by atoms with E-state index in [1.54, 1.807) is 0 Å². The molecule has 1 saturated carbocycles. The quantitative estimate of drug-likeness (QED) is 0.612. The van der Waals surface area contributed by atoms with Crippen molar-refractivity contribution in [1.82, 2.24) is 10.3 Å². The number of benzene rings is 1. The summed E-state index contributed by atoms with van der Waals surface area (Å²) in [6, 6.07) is 7.90. The Kier molecular flexibility index (Phi) is 5.61. The molecule has 1 atom stereocenters. The minimum atomic E-state index is -0.549. The topological polar surface area (TPSA) is 83.3 Å². The highest BCUT2D eigenvalue weighted by atomic mass is 16.5. The zero-order valence-electron chi connectivity index (χ0n) is 16.2. The van der Waals surface area contributed by atoms with Crippen LogP contribution in [0.2, 0.25) is 0 Å². The Morgan fingerprint density at radius 1 is 1.35 bits per heavy atom. The maximum atomic E-state index is 10.4. The summed E-state index contributed by atoms with van der Waals surface area (Å²) in [6.45, 7) is 7.40. The molecule has 0 bridgehead atoms. The van der Waals surface area contributed by atoms with Gasteiger partial charge in [-0.2, -0.15) is 0 Å². The third-order valence-electron chi connectivity index (χ3n) is 5.93. The van der Waals surface area contributed by atoms with E-state index in [2.05, 4.69) is 31.1 Å². The number of aliphatic hydroxyl groups excluding tert-OH is 1. The number of aromatic nitrogens is 1. The molecular formula is C21H33N3O2. The first-order valence-electron chi connectivity index (χ1n) is 9.68. The second-order valence-electron chi connectivity index (χ2n) is 8.69. The van der Waals surface area contributed by atoms with Crippen molar-refractivity contribution in [3.05, 3.63) is 30.5 Å². The van der Waals surface area contributed by atoms with E-state index in [0.717, 1.165) is 42.3 Å². The van der Waals surface area contributed by atoms with E-state index < -0.39 is 6.10 Å². The third-order valence-corrected chi connectivity index (χ3v) is 5.93. The van der Waals surface area contributed by atoms with Gasteiger partial charge < -0.3 is 25.9 Å². The van der Waals surface area contributed by atoms with Crippen LogP contribution in [0.4, 0.5) is 0 Å². The fourth-order valence-corrected chi connectivity index (χ4v) is 3.95. The molecule has 5 heteroatoms. The van der Waals surface area contributed by atoms with Crippen LogP contribution in [-0.2, 0) is 0 Å². The standard InChI is InChI=1S/C21H33N3O2/c1-20(2,15-7-10-21(3,22)11-8-15)24-13-16(25)14-26-19-6-4-5-18-17(19)9-12-23-18/h4-6,9,12,15-16,23-25H,7-8,10-11,13-14,22H2,1-3H3. The number of nitrogens with two attached hydrogens (primary N) is 1. The van der Waals surface area contributed by atoms with Gasteiger partial charge in [0.05, 0.1) is 0 Å². The summed E-state index contributed by atoms with van der Waals surface area (Å²) < 4.78 is 5.85. The Morgan fingerprint density at radius 3 is 2.81 bits per heavy atom. The van der Waals surface area contributed by atoms with Crippen LogP contribution in [0.3, 0.4) is 0 Å². The molecule has 1 heterocycles. The number of aliphatic hydroxyl groups is 1. The molecule has 1 aromatic heterocycles. The first kappa shape index (κ1) is 19.2. The normalized spacial score (nSPS) is 25.3. The van der Waals surface area contributed by atoms with E-state index in [0.29, 0.717) is 12.5 Å². The van der Waals surface area contributed by atoms with Crippen molar-refractivity contribution in [1.29, 1.82) is 0 Å². The number of β-amino-alcohol motifs (C(OH)–C–C–N with tert-alkyl or cyclic N) is 1. The molecule has 1 aromatic carbocycles. The van der Waals surface area contributed by atoms with E-state index in [4.69, 9.17) is 10.5 Å². The summed E-state index contributed by atoms with van der Waals surface area (Å²) in [5.74, 6) is 1.39. The Balaban J connectivity index is 1.47. The lowest BCUT2D eigenvalue weighted by Crippen LogP contribution is -2.52. The predicted molar refractivity (Wildman–Crippen MR) is 106 cm³/mol. The van der Waals surface area contributed by atoms with Gasteiger partial charge in [-0.3, -0.25) is 0 Å². The number of fused-ring (bicyclic) bond motifs is 1. The Labute approximate surface area is 156 Å². The Morgan fingerprint density at radius 2 is 2.08 bits per heavy atom. The number of nitrogens with one attached hydrogen (secondary N) is 2. The summed E-state index contributed by atoms with van der Waals surface area (Å²) in [5, 5.41) is 15.0. The molecule has 5 nitrogen and oxygen atoms in total. The molecule has 0 spiro atoms. The average Bonchev–Trinajstić information content (AvgIpc) is 3.07. The maximum absolute atomic E-state index is 10.4. The summed E-state index contributed by atoms with van der Waals surface area (Å²) in [4.78, 5) is 3.17. The van der Waals surface area contributed by atoms with Gasteiger partial charge in [0.2, 0.25) is 0 Å². The number of H-pyrrole nitrogens is 1. The lowest BCUT2D eigenvalue weighted by Gasteiger charge is -2.43. The smallest absolute Gasteiger partial charge is 0.128 e. The number of rotatable bonds is 7. The van der Waals surface area contributed by atoms with Gasteiger partial charge >= 0.3 is 0 Å². The highest BCUT2D eigenvalue weighted by Crippen LogP contribution is 2.36. The maximum Gasteiger partial charge on any atom is 0.128 e. The summed E-state index contributed by atoms with van der Waals surface area (Å²) in [7, 11) is 0. The lowest BCUT2D eigenvalue weighted by molar-refractivity contribution is 0.0849. The lowest BCUT2D eigenvalue weighted by atomic mass is 9.71. The van der Waals surface area contributed by atoms with E-state index in [-0.39, 0.29) is 17.7 Å². The summed E-state index contributed by atoms with van der Waals surface area (Å²) in [5.41, 5.74) is 7.26. The van der Waals surface area contributed by atoms with Crippen molar-refractivity contribution in [3.8, 4) is 5.75 Å². The van der Waals surface area contributed by atoms with Gasteiger partial charge in [0.1, 0.15) is 18.5 Å². The third kappa shape index (κ3) is 4.58. The fourth-order valence-electron chi connectivity index (χ4n) is 3.95. The summed E-state index contributed by atoms with van der Waals surface area (Å²) >= 11 is 0. The van der Waals surface area contributed by atoms with E-state index in [1.807, 2.05) is 30.5 Å². The molecular weight excluding hydrogens is 326 g/mol. The highest BCUT2D eigenvalue weighted by Gasteiger charge is 2.35. The van der Waals surface area contributed by atoms with E-state index in [1.165, 1.54) is 0 Å². The molecule has 1 aliphatic carbocycles. The summed E-state index contributed by atoms with van der Waals surface area (Å²) in [6.07, 6.45) is 5.75. The van der Waals surface area contributed by atoms with Crippen LogP contribution in [0, 0.1) is 5.92 Å². The van der Waals surface area contributed by atoms with Crippen molar-refractivity contribution in [2.24, 2.45) is 11.7 Å². The van der Waals surface area contributed by atoms with Gasteiger partial charge in [0.25, 0.3) is 0 Å². The second kappa shape index (κ2) is 7.59. The van der Waals surface area contributed by atoms with Crippen molar-refractivity contribution in [3.63, 3.8) is 0 Å². The number of aromatic amines is 1. The SMILES string of the molecule is CC1(N)CCC(C(C)(C)NCC(O)COc2cccc3[nH]ccc23)CC1. The van der Waals surface area contributed by atoms with Crippen molar-refractivity contribution in [2.45, 2.75) is 63.6 Å². The Hall–Kier alpha value is -1.56. The van der Waals surface area contributed by atoms with Crippen molar-refractivity contribution in [2.75, 3.05) is 13.2 Å². The van der Waals surface area contributed by atoms with Crippen LogP contribution in [0.15, 0.2) is 30.5 Å². The largest absolute Gasteiger partial charge is 0.490 e. The van der Waals surface area contributed by atoms with Gasteiger partial charge in [-0.05, 0) is 70.6 Å².